The van der Waals surface area contributed by atoms with E-state index < -0.39 is 26.5 Å². The molecule has 50 heavy (non-hydrogen) atoms. The zero-order valence-corrected chi connectivity index (χ0v) is 33.8. The maximum absolute atomic E-state index is 12.6. The predicted octanol–water partition coefficient (Wildman–Crippen LogP) is 10.8. The Hall–Kier alpha value is -1.51. The van der Waals surface area contributed by atoms with Gasteiger partial charge >= 0.3 is 19.8 Å². The van der Waals surface area contributed by atoms with E-state index in [1.807, 2.05) is 21.1 Å². The topological polar surface area (TPSA) is 108 Å². The molecule has 0 aliphatic heterocycles. The Morgan fingerprint density at radius 2 is 1.02 bits per heavy atom. The summed E-state index contributed by atoms with van der Waals surface area (Å²) in [7, 11) is 1.46. The fourth-order valence-corrected chi connectivity index (χ4v) is 5.98. The first-order valence-electron chi connectivity index (χ1n) is 20.1. The largest absolute Gasteiger partial charge is 0.472 e. The van der Waals surface area contributed by atoms with Crippen LogP contribution in [-0.2, 0) is 32.7 Å². The molecule has 0 saturated heterocycles. The normalized spacial score (nSPS) is 14.0. The number of phosphoric ester groups is 1. The summed E-state index contributed by atoms with van der Waals surface area (Å²) in [5, 5.41) is 0. The second kappa shape index (κ2) is 33.3. The minimum atomic E-state index is -4.37. The van der Waals surface area contributed by atoms with Gasteiger partial charge in [-0.1, -0.05) is 115 Å². The van der Waals surface area contributed by atoms with Gasteiger partial charge in [-0.3, -0.25) is 18.6 Å². The maximum atomic E-state index is 12.6. The maximum Gasteiger partial charge on any atom is 0.472 e. The van der Waals surface area contributed by atoms with Crippen molar-refractivity contribution in [3.63, 3.8) is 0 Å². The molecule has 0 heterocycles. The van der Waals surface area contributed by atoms with Crippen molar-refractivity contribution in [1.29, 1.82) is 0 Å². The summed E-state index contributed by atoms with van der Waals surface area (Å²) in [6.45, 7) is 4.36. The van der Waals surface area contributed by atoms with Gasteiger partial charge in [0.05, 0.1) is 27.7 Å². The Labute approximate surface area is 307 Å². The lowest BCUT2D eigenvalue weighted by Gasteiger charge is -2.24. The minimum absolute atomic E-state index is 0.0287. The molecule has 0 rings (SSSR count). The smallest absolute Gasteiger partial charge is 0.462 e. The van der Waals surface area contributed by atoms with Gasteiger partial charge in [0.15, 0.2) is 6.10 Å². The van der Waals surface area contributed by atoms with E-state index in [2.05, 4.69) is 38.2 Å². The third-order valence-electron chi connectivity index (χ3n) is 8.45. The molecule has 0 aromatic carbocycles. The van der Waals surface area contributed by atoms with Crippen LogP contribution in [0, 0.1) is 0 Å². The summed E-state index contributed by atoms with van der Waals surface area (Å²) >= 11 is 0. The second-order valence-electron chi connectivity index (χ2n) is 14.7. The van der Waals surface area contributed by atoms with Crippen molar-refractivity contribution in [2.75, 3.05) is 47.5 Å². The van der Waals surface area contributed by atoms with Crippen LogP contribution < -0.4 is 0 Å². The quantitative estimate of drug-likeness (QED) is 0.0223. The average Bonchev–Trinajstić information content (AvgIpc) is 3.06. The van der Waals surface area contributed by atoms with Gasteiger partial charge in [0.25, 0.3) is 0 Å². The van der Waals surface area contributed by atoms with Gasteiger partial charge in [0, 0.05) is 12.8 Å². The van der Waals surface area contributed by atoms with E-state index in [9.17, 15) is 19.0 Å². The molecule has 0 fully saturated rings. The number of hydrogen-bond acceptors (Lipinski definition) is 7. The highest BCUT2D eigenvalue weighted by Crippen LogP contribution is 2.43. The standard InChI is InChI=1S/C40H76NO8P/c1-6-8-10-12-14-16-18-20-22-24-26-28-30-32-39(42)46-36-38(37-48-50(44,45)47-35-34-41(3,4)5)49-40(43)33-31-29-27-25-23-21-19-17-15-13-11-9-7-2/h17,19-20,22,38H,6-16,18,21,23-37H2,1-5H3/p+1/b19-17+,22-20+/t38-/m1/s1. The third-order valence-corrected chi connectivity index (χ3v) is 9.44. The molecular weight excluding hydrogens is 653 g/mol. The minimum Gasteiger partial charge on any atom is -0.462 e. The van der Waals surface area contributed by atoms with Crippen molar-refractivity contribution < 1.29 is 42.1 Å². The van der Waals surface area contributed by atoms with Gasteiger partial charge in [-0.15, -0.1) is 0 Å². The van der Waals surface area contributed by atoms with E-state index in [0.717, 1.165) is 57.8 Å². The monoisotopic (exact) mass is 731 g/mol. The van der Waals surface area contributed by atoms with Crippen molar-refractivity contribution in [2.24, 2.45) is 0 Å². The first kappa shape index (κ1) is 48.5. The van der Waals surface area contributed by atoms with Gasteiger partial charge in [0.1, 0.15) is 19.8 Å². The summed E-state index contributed by atoms with van der Waals surface area (Å²) < 4.78 is 34.2. The molecule has 0 amide bonds. The first-order valence-corrected chi connectivity index (χ1v) is 21.6. The molecule has 0 aliphatic carbocycles. The molecule has 0 radical (unpaired) electrons. The lowest BCUT2D eigenvalue weighted by Crippen LogP contribution is -2.37. The summed E-state index contributed by atoms with van der Waals surface area (Å²) in [5.41, 5.74) is 0. The van der Waals surface area contributed by atoms with Gasteiger partial charge in [-0.2, -0.15) is 0 Å². The first-order chi connectivity index (χ1) is 24.0. The highest BCUT2D eigenvalue weighted by atomic mass is 31.2. The van der Waals surface area contributed by atoms with Crippen molar-refractivity contribution in [2.45, 2.75) is 174 Å². The summed E-state index contributed by atoms with van der Waals surface area (Å²) in [4.78, 5) is 35.2. The zero-order chi connectivity index (χ0) is 37.2. The van der Waals surface area contributed by atoms with Gasteiger partial charge in [0.2, 0.25) is 0 Å². The molecular formula is C40H77NO8P+. The molecule has 1 unspecified atom stereocenters. The molecule has 294 valence electrons. The number of nitrogens with zero attached hydrogens (tertiary/aromatic N) is 1. The molecule has 9 nitrogen and oxygen atoms in total. The predicted molar refractivity (Wildman–Crippen MR) is 206 cm³/mol. The number of phosphoric acid groups is 1. The number of ether oxygens (including phenoxy) is 2. The van der Waals surface area contributed by atoms with E-state index in [0.29, 0.717) is 23.9 Å². The van der Waals surface area contributed by atoms with Gasteiger partial charge < -0.3 is 18.9 Å². The Morgan fingerprint density at radius 1 is 0.600 bits per heavy atom. The van der Waals surface area contributed by atoms with Gasteiger partial charge in [-0.25, -0.2) is 4.57 Å². The summed E-state index contributed by atoms with van der Waals surface area (Å²) in [5.74, 6) is -0.827. The van der Waals surface area contributed by atoms with Crippen molar-refractivity contribution in [3.05, 3.63) is 24.3 Å². The van der Waals surface area contributed by atoms with Crippen LogP contribution in [0.4, 0.5) is 0 Å². The molecule has 1 N–H and O–H groups in total. The number of unbranched alkanes of at least 4 members (excludes halogenated alkanes) is 18. The Morgan fingerprint density at radius 3 is 1.52 bits per heavy atom. The fourth-order valence-electron chi connectivity index (χ4n) is 5.24. The average molecular weight is 731 g/mol. The third kappa shape index (κ3) is 36.3. The molecule has 0 aliphatic rings. The van der Waals surface area contributed by atoms with Crippen molar-refractivity contribution in [3.8, 4) is 0 Å². The molecule has 0 bridgehead atoms. The van der Waals surface area contributed by atoms with Crippen LogP contribution in [0.3, 0.4) is 0 Å². The molecule has 2 atom stereocenters. The molecule has 0 saturated carbocycles. The number of allylic oxidation sites excluding steroid dienone is 4. The highest BCUT2D eigenvalue weighted by Gasteiger charge is 2.27. The van der Waals surface area contributed by atoms with E-state index >= 15 is 0 Å². The molecule has 10 heteroatoms. The van der Waals surface area contributed by atoms with E-state index in [-0.39, 0.29) is 32.0 Å². The van der Waals surface area contributed by atoms with E-state index in [4.69, 9.17) is 18.5 Å². The molecule has 0 spiro atoms. The van der Waals surface area contributed by atoms with Crippen LogP contribution >= 0.6 is 7.82 Å². The van der Waals surface area contributed by atoms with Crippen LogP contribution in [0.15, 0.2) is 24.3 Å². The number of esters is 2. The number of hydrogen-bond donors (Lipinski definition) is 1. The number of carbonyl (C=O) groups excluding carboxylic acids is 2. The summed E-state index contributed by atoms with van der Waals surface area (Å²) in [6, 6.07) is 0. The zero-order valence-electron chi connectivity index (χ0n) is 32.9. The number of quaternary nitrogens is 1. The molecule has 0 aromatic rings. The van der Waals surface area contributed by atoms with E-state index in [1.54, 1.807) is 0 Å². The van der Waals surface area contributed by atoms with Crippen molar-refractivity contribution >= 4 is 19.8 Å². The van der Waals surface area contributed by atoms with Crippen LogP contribution in [0.5, 0.6) is 0 Å². The van der Waals surface area contributed by atoms with Crippen LogP contribution in [0.2, 0.25) is 0 Å². The Balaban J connectivity index is 4.45. The van der Waals surface area contributed by atoms with Crippen LogP contribution in [0.25, 0.3) is 0 Å². The number of likely N-dealkylation sites (N-methyl/N-ethyl adjacent to an activating group) is 1. The highest BCUT2D eigenvalue weighted by molar-refractivity contribution is 7.47. The van der Waals surface area contributed by atoms with E-state index in [1.165, 1.54) is 70.6 Å². The SMILES string of the molecule is CCCCCC/C=C/CCCCCCCC(=O)O[C@H](COC(=O)CCCCC/C=C/CCCCCCCC)COP(=O)(O)OCC[N+](C)(C)C. The lowest BCUT2D eigenvalue weighted by atomic mass is 10.1. The Bertz CT molecular complexity index is 918. The van der Waals surface area contributed by atoms with Crippen LogP contribution in [0.1, 0.15) is 168 Å². The van der Waals surface area contributed by atoms with Crippen LogP contribution in [-0.4, -0.2) is 74.9 Å². The van der Waals surface area contributed by atoms with Gasteiger partial charge in [-0.05, 0) is 64.2 Å². The number of rotatable bonds is 36. The fraction of sp³-hybridized carbons (Fsp3) is 0.850. The van der Waals surface area contributed by atoms with Crippen molar-refractivity contribution in [1.82, 2.24) is 0 Å². The second-order valence-corrected chi connectivity index (χ2v) is 16.1. The molecule has 0 aromatic heterocycles. The summed E-state index contributed by atoms with van der Waals surface area (Å²) in [6.07, 6.45) is 33.6. The lowest BCUT2D eigenvalue weighted by molar-refractivity contribution is -0.870. The number of carbonyl (C=O) groups is 2. The Kier molecular flexibility index (Phi) is 32.3.